The molecule has 0 unspecified atom stereocenters. The normalized spacial score (nSPS) is 31.9. The lowest BCUT2D eigenvalue weighted by Gasteiger charge is -2.37. The first-order valence-electron chi connectivity index (χ1n) is 7.43. The Kier molecular flexibility index (Phi) is 4.09. The number of hydrogen-bond acceptors (Lipinski definition) is 3. The zero-order valence-electron chi connectivity index (χ0n) is 13.2. The number of nitrogens with zero attached hydrogens (tertiary/aromatic N) is 2. The fraction of sp³-hybridized carbons (Fsp3) is 0.867. The molecule has 2 rings (SSSR count). The average Bonchev–Trinajstić information content (AvgIpc) is 2.68. The highest BCUT2D eigenvalue weighted by molar-refractivity contribution is 5.89. The molecule has 2 aliphatic heterocycles. The van der Waals surface area contributed by atoms with E-state index in [9.17, 15) is 9.59 Å². The Balaban J connectivity index is 2.02. The second-order valence-electron chi connectivity index (χ2n) is 7.08. The van der Waals surface area contributed by atoms with Gasteiger partial charge >= 0.3 is 0 Å². The van der Waals surface area contributed by atoms with E-state index in [0.717, 1.165) is 0 Å². The molecule has 0 bridgehead atoms. The van der Waals surface area contributed by atoms with Crippen molar-refractivity contribution in [2.45, 2.75) is 58.8 Å². The summed E-state index contributed by atoms with van der Waals surface area (Å²) in [4.78, 5) is 28.4. The highest BCUT2D eigenvalue weighted by atomic mass is 16.5. The van der Waals surface area contributed by atoms with E-state index in [4.69, 9.17) is 4.74 Å². The maximum absolute atomic E-state index is 12.6. The van der Waals surface area contributed by atoms with Crippen LogP contribution in [-0.2, 0) is 14.3 Å². The Morgan fingerprint density at radius 1 is 1.15 bits per heavy atom. The molecule has 0 N–H and O–H groups in total. The summed E-state index contributed by atoms with van der Waals surface area (Å²) in [6.45, 7) is 11.8. The molecule has 0 aromatic rings. The lowest BCUT2D eigenvalue weighted by atomic mass is 10.0. The number of amides is 2. The number of carbonyl (C=O) groups is 2. The van der Waals surface area contributed by atoms with Gasteiger partial charge in [-0.3, -0.25) is 9.59 Å². The predicted molar refractivity (Wildman–Crippen MR) is 76.2 cm³/mol. The summed E-state index contributed by atoms with van der Waals surface area (Å²) >= 11 is 0. The standard InChI is InChI=1S/C15H26N2O3/c1-10-7-16(8-11(2)20-10)14(19)12-6-13(18)17(9-12)15(3,4)5/h10-12H,6-9H2,1-5H3/t10-,11-,12-/m1/s1. The van der Waals surface area contributed by atoms with Crippen molar-refractivity contribution in [2.24, 2.45) is 5.92 Å². The van der Waals surface area contributed by atoms with E-state index in [1.54, 1.807) is 0 Å². The molecule has 20 heavy (non-hydrogen) atoms. The van der Waals surface area contributed by atoms with Gasteiger partial charge < -0.3 is 14.5 Å². The Morgan fingerprint density at radius 3 is 2.15 bits per heavy atom. The third-order valence-corrected chi connectivity index (χ3v) is 4.02. The van der Waals surface area contributed by atoms with E-state index in [2.05, 4.69) is 0 Å². The molecule has 5 nitrogen and oxygen atoms in total. The summed E-state index contributed by atoms with van der Waals surface area (Å²) in [5, 5.41) is 0. The molecule has 0 saturated carbocycles. The van der Waals surface area contributed by atoms with E-state index in [1.807, 2.05) is 44.4 Å². The molecule has 2 aliphatic rings. The van der Waals surface area contributed by atoms with Crippen molar-refractivity contribution < 1.29 is 14.3 Å². The summed E-state index contributed by atoms with van der Waals surface area (Å²) < 4.78 is 5.65. The molecule has 114 valence electrons. The van der Waals surface area contributed by atoms with Gasteiger partial charge in [-0.25, -0.2) is 0 Å². The van der Waals surface area contributed by atoms with Crippen LogP contribution in [0.2, 0.25) is 0 Å². The zero-order valence-corrected chi connectivity index (χ0v) is 13.2. The van der Waals surface area contributed by atoms with Crippen molar-refractivity contribution >= 4 is 11.8 Å². The molecule has 2 saturated heterocycles. The fourth-order valence-electron chi connectivity index (χ4n) is 3.14. The Bertz CT molecular complexity index is 392. The minimum Gasteiger partial charge on any atom is -0.372 e. The average molecular weight is 282 g/mol. The van der Waals surface area contributed by atoms with Crippen LogP contribution < -0.4 is 0 Å². The number of carbonyl (C=O) groups excluding carboxylic acids is 2. The van der Waals surface area contributed by atoms with Crippen LogP contribution in [0.4, 0.5) is 0 Å². The van der Waals surface area contributed by atoms with Gasteiger partial charge in [-0.1, -0.05) is 0 Å². The van der Waals surface area contributed by atoms with Gasteiger partial charge in [0.05, 0.1) is 18.1 Å². The van der Waals surface area contributed by atoms with Gasteiger partial charge in [-0.15, -0.1) is 0 Å². The number of likely N-dealkylation sites (tertiary alicyclic amines) is 1. The summed E-state index contributed by atoms with van der Waals surface area (Å²) in [5.74, 6) is -0.00321. The van der Waals surface area contributed by atoms with Crippen LogP contribution in [0.25, 0.3) is 0 Å². The highest BCUT2D eigenvalue weighted by Gasteiger charge is 2.41. The van der Waals surface area contributed by atoms with Gasteiger partial charge in [0.1, 0.15) is 0 Å². The molecular formula is C15H26N2O3. The van der Waals surface area contributed by atoms with Gasteiger partial charge in [-0.05, 0) is 34.6 Å². The van der Waals surface area contributed by atoms with Crippen molar-refractivity contribution in [3.8, 4) is 0 Å². The quantitative estimate of drug-likeness (QED) is 0.728. The van der Waals surface area contributed by atoms with Crippen LogP contribution >= 0.6 is 0 Å². The molecule has 0 aromatic heterocycles. The molecule has 3 atom stereocenters. The first kappa shape index (κ1) is 15.3. The molecule has 2 heterocycles. The van der Waals surface area contributed by atoms with Crippen LogP contribution in [0.15, 0.2) is 0 Å². The minimum atomic E-state index is -0.211. The molecule has 0 aromatic carbocycles. The van der Waals surface area contributed by atoms with E-state index >= 15 is 0 Å². The van der Waals surface area contributed by atoms with Gasteiger partial charge in [0.15, 0.2) is 0 Å². The first-order valence-corrected chi connectivity index (χ1v) is 7.43. The molecular weight excluding hydrogens is 256 g/mol. The van der Waals surface area contributed by atoms with Crippen molar-refractivity contribution in [2.75, 3.05) is 19.6 Å². The SMILES string of the molecule is C[C@@H]1CN(C(=O)[C@@H]2CC(=O)N(C(C)(C)C)C2)C[C@@H](C)O1. The zero-order chi connectivity index (χ0) is 15.1. The predicted octanol–water partition coefficient (Wildman–Crippen LogP) is 1.27. The van der Waals surface area contributed by atoms with Crippen molar-refractivity contribution in [3.63, 3.8) is 0 Å². The Hall–Kier alpha value is -1.10. The maximum atomic E-state index is 12.6. The van der Waals surface area contributed by atoms with Gasteiger partial charge in [0, 0.05) is 31.6 Å². The van der Waals surface area contributed by atoms with Crippen LogP contribution in [0, 0.1) is 5.92 Å². The van der Waals surface area contributed by atoms with E-state index in [1.165, 1.54) is 0 Å². The van der Waals surface area contributed by atoms with Crippen molar-refractivity contribution in [3.05, 3.63) is 0 Å². The lowest BCUT2D eigenvalue weighted by Crippen LogP contribution is -2.50. The molecule has 5 heteroatoms. The number of hydrogen-bond donors (Lipinski definition) is 0. The van der Waals surface area contributed by atoms with Crippen LogP contribution in [0.5, 0.6) is 0 Å². The second kappa shape index (κ2) is 5.35. The largest absolute Gasteiger partial charge is 0.372 e. The lowest BCUT2D eigenvalue weighted by molar-refractivity contribution is -0.147. The van der Waals surface area contributed by atoms with Crippen LogP contribution in [0.3, 0.4) is 0 Å². The number of morpholine rings is 1. The van der Waals surface area contributed by atoms with Crippen molar-refractivity contribution in [1.82, 2.24) is 9.80 Å². The summed E-state index contributed by atoms with van der Waals surface area (Å²) in [6.07, 6.45) is 0.480. The molecule has 2 fully saturated rings. The number of rotatable bonds is 1. The minimum absolute atomic E-state index is 0.0681. The third-order valence-electron chi connectivity index (χ3n) is 4.02. The number of ether oxygens (including phenoxy) is 1. The second-order valence-corrected chi connectivity index (χ2v) is 7.08. The Morgan fingerprint density at radius 2 is 1.70 bits per heavy atom. The topological polar surface area (TPSA) is 49.9 Å². The third kappa shape index (κ3) is 3.14. The smallest absolute Gasteiger partial charge is 0.228 e. The fourth-order valence-corrected chi connectivity index (χ4v) is 3.14. The molecule has 0 aliphatic carbocycles. The maximum Gasteiger partial charge on any atom is 0.228 e. The Labute approximate surface area is 121 Å². The van der Waals surface area contributed by atoms with E-state index in [-0.39, 0.29) is 35.5 Å². The molecule has 0 spiro atoms. The monoisotopic (exact) mass is 282 g/mol. The first-order chi connectivity index (χ1) is 9.18. The summed E-state index contributed by atoms with van der Waals surface area (Å²) in [6, 6.07) is 0. The van der Waals surface area contributed by atoms with Crippen LogP contribution in [0.1, 0.15) is 41.0 Å². The van der Waals surface area contributed by atoms with Crippen molar-refractivity contribution in [1.29, 1.82) is 0 Å². The van der Waals surface area contributed by atoms with Gasteiger partial charge in [-0.2, -0.15) is 0 Å². The van der Waals surface area contributed by atoms with Gasteiger partial charge in [0.25, 0.3) is 0 Å². The highest BCUT2D eigenvalue weighted by Crippen LogP contribution is 2.27. The summed E-state index contributed by atoms with van der Waals surface area (Å²) in [7, 11) is 0. The van der Waals surface area contributed by atoms with E-state index in [0.29, 0.717) is 26.1 Å². The molecule has 2 amide bonds. The van der Waals surface area contributed by atoms with E-state index < -0.39 is 0 Å². The summed E-state index contributed by atoms with van der Waals surface area (Å²) in [5.41, 5.74) is -0.211. The van der Waals surface area contributed by atoms with Gasteiger partial charge in [0.2, 0.25) is 11.8 Å². The molecule has 0 radical (unpaired) electrons. The van der Waals surface area contributed by atoms with Crippen LogP contribution in [-0.4, -0.2) is 59.0 Å².